The van der Waals surface area contributed by atoms with Gasteiger partial charge in [-0.2, -0.15) is 0 Å². The number of carbonyl (C=O) groups is 4. The number of benzene rings is 1. The van der Waals surface area contributed by atoms with Crippen molar-refractivity contribution >= 4 is 34.6 Å². The zero-order valence-corrected chi connectivity index (χ0v) is 19.6. The molecule has 0 aliphatic rings. The smallest absolute Gasteiger partial charge is 0.322 e. The van der Waals surface area contributed by atoms with Crippen molar-refractivity contribution in [1.82, 2.24) is 20.9 Å². The first-order chi connectivity index (χ1) is 16.6. The highest BCUT2D eigenvalue weighted by Gasteiger charge is 2.29. The summed E-state index contributed by atoms with van der Waals surface area (Å²) in [5.74, 6) is -3.26. The largest absolute Gasteiger partial charge is 0.480 e. The summed E-state index contributed by atoms with van der Waals surface area (Å²) in [5.41, 5.74) is 12.8. The van der Waals surface area contributed by atoms with Gasteiger partial charge >= 0.3 is 5.97 Å². The third-order valence-electron chi connectivity index (χ3n) is 5.55. The molecule has 0 fully saturated rings. The van der Waals surface area contributed by atoms with Crippen LogP contribution < -0.4 is 27.4 Å². The Hall–Kier alpha value is -3.48. The summed E-state index contributed by atoms with van der Waals surface area (Å²) in [4.78, 5) is 52.4. The Morgan fingerprint density at radius 3 is 2.37 bits per heavy atom. The van der Waals surface area contributed by atoms with E-state index in [1.54, 1.807) is 6.20 Å². The number of aromatic nitrogens is 1. The second-order valence-electron chi connectivity index (χ2n) is 8.35. The Bertz CT molecular complexity index is 1020. The fourth-order valence-corrected chi connectivity index (χ4v) is 3.54. The van der Waals surface area contributed by atoms with Crippen molar-refractivity contribution in [3.8, 4) is 0 Å². The molecule has 0 aliphatic carbocycles. The van der Waals surface area contributed by atoms with Gasteiger partial charge in [-0.15, -0.1) is 0 Å². The van der Waals surface area contributed by atoms with Crippen molar-refractivity contribution in [1.29, 1.82) is 0 Å². The molecule has 0 saturated heterocycles. The number of rotatable bonds is 14. The average Bonchev–Trinajstić information content (AvgIpc) is 3.23. The Morgan fingerprint density at radius 2 is 1.71 bits per heavy atom. The number of aliphatic hydroxyl groups excluding tert-OH is 1. The van der Waals surface area contributed by atoms with Crippen molar-refractivity contribution in [3.63, 3.8) is 0 Å². The number of hydrogen-bond acceptors (Lipinski definition) is 7. The van der Waals surface area contributed by atoms with E-state index in [1.165, 1.54) is 6.92 Å². The van der Waals surface area contributed by atoms with Crippen molar-refractivity contribution in [3.05, 3.63) is 36.0 Å². The van der Waals surface area contributed by atoms with Crippen LogP contribution in [0.5, 0.6) is 0 Å². The van der Waals surface area contributed by atoms with Crippen LogP contribution in [-0.2, 0) is 25.6 Å². The summed E-state index contributed by atoms with van der Waals surface area (Å²) in [7, 11) is 0. The molecule has 1 aromatic heterocycles. The molecular weight excluding hydrogens is 456 g/mol. The minimum Gasteiger partial charge on any atom is -0.480 e. The number of aliphatic carboxylic acids is 1. The standard InChI is InChI=1S/C23H34N6O6/c1-13(30)20(25)23(35)28-17(8-4-5-9-24)22(34)29-18(21(33)27-12-19(31)32)10-14-11-26-16-7-3-2-6-15(14)16/h2-3,6-7,11,13,17-18,20,26,30H,4-5,8-10,12,24-25H2,1H3,(H,27,33)(H,28,35)(H,29,34)(H,31,32). The number of para-hydroxylation sites is 1. The molecule has 4 unspecified atom stereocenters. The van der Waals surface area contributed by atoms with E-state index >= 15 is 0 Å². The topological polar surface area (TPSA) is 213 Å². The van der Waals surface area contributed by atoms with Crippen LogP contribution in [0.3, 0.4) is 0 Å². The van der Waals surface area contributed by atoms with Gasteiger partial charge in [0, 0.05) is 23.5 Å². The predicted molar refractivity (Wildman–Crippen MR) is 129 cm³/mol. The fraction of sp³-hybridized carbons (Fsp3) is 0.478. The van der Waals surface area contributed by atoms with E-state index in [4.69, 9.17) is 16.6 Å². The summed E-state index contributed by atoms with van der Waals surface area (Å²) in [6, 6.07) is 4.05. The maximum Gasteiger partial charge on any atom is 0.322 e. The van der Waals surface area contributed by atoms with Crippen molar-refractivity contribution in [2.24, 2.45) is 11.5 Å². The van der Waals surface area contributed by atoms with Crippen LogP contribution in [0.4, 0.5) is 0 Å². The lowest BCUT2D eigenvalue weighted by atomic mass is 10.0. The second kappa shape index (κ2) is 13.4. The second-order valence-corrected chi connectivity index (χ2v) is 8.35. The maximum atomic E-state index is 13.1. The Kier molecular flexibility index (Phi) is 10.6. The van der Waals surface area contributed by atoms with Crippen molar-refractivity contribution < 1.29 is 29.4 Å². The molecule has 35 heavy (non-hydrogen) atoms. The lowest BCUT2D eigenvalue weighted by Crippen LogP contribution is -2.57. The van der Waals surface area contributed by atoms with Crippen LogP contribution in [0.2, 0.25) is 0 Å². The molecule has 192 valence electrons. The van der Waals surface area contributed by atoms with Gasteiger partial charge in [-0.3, -0.25) is 19.2 Å². The molecule has 1 aromatic carbocycles. The van der Waals surface area contributed by atoms with Crippen LogP contribution in [0.1, 0.15) is 31.7 Å². The highest BCUT2D eigenvalue weighted by Crippen LogP contribution is 2.19. The molecule has 0 aliphatic heterocycles. The SMILES string of the molecule is CC(O)C(N)C(=O)NC(CCCCN)C(=O)NC(Cc1c[nH]c2ccccc12)C(=O)NCC(=O)O. The van der Waals surface area contributed by atoms with E-state index in [9.17, 15) is 24.3 Å². The maximum absolute atomic E-state index is 13.1. The zero-order chi connectivity index (χ0) is 26.0. The number of fused-ring (bicyclic) bond motifs is 1. The minimum atomic E-state index is -1.24. The summed E-state index contributed by atoms with van der Waals surface area (Å²) >= 11 is 0. The highest BCUT2D eigenvalue weighted by molar-refractivity contribution is 5.94. The molecule has 12 nitrogen and oxygen atoms in total. The number of amides is 3. The summed E-state index contributed by atoms with van der Waals surface area (Å²) < 4.78 is 0. The summed E-state index contributed by atoms with van der Waals surface area (Å²) in [6.45, 7) is 1.15. The molecule has 0 bridgehead atoms. The fourth-order valence-electron chi connectivity index (χ4n) is 3.54. The average molecular weight is 491 g/mol. The Morgan fingerprint density at radius 1 is 1.03 bits per heavy atom. The van der Waals surface area contributed by atoms with E-state index in [1.807, 2.05) is 24.3 Å². The van der Waals surface area contributed by atoms with Gasteiger partial charge in [0.1, 0.15) is 24.7 Å². The molecule has 3 amide bonds. The van der Waals surface area contributed by atoms with Gasteiger partial charge in [-0.05, 0) is 44.4 Å². The number of aliphatic hydroxyl groups is 1. The number of aromatic amines is 1. The predicted octanol–water partition coefficient (Wildman–Crippen LogP) is -1.28. The van der Waals surface area contributed by atoms with Gasteiger partial charge in [-0.25, -0.2) is 0 Å². The summed E-state index contributed by atoms with van der Waals surface area (Å²) in [5, 5.41) is 26.9. The number of carboxylic acids is 1. The first-order valence-electron chi connectivity index (χ1n) is 11.4. The van der Waals surface area contributed by atoms with Crippen LogP contribution in [0, 0.1) is 0 Å². The van der Waals surface area contributed by atoms with Gasteiger partial charge in [0.15, 0.2) is 0 Å². The van der Waals surface area contributed by atoms with Crippen molar-refractivity contribution in [2.75, 3.05) is 13.1 Å². The number of H-pyrrole nitrogens is 1. The first kappa shape index (κ1) is 27.8. The third kappa shape index (κ3) is 8.35. The number of unbranched alkanes of at least 4 members (excludes halogenated alkanes) is 1. The molecule has 0 spiro atoms. The molecule has 0 saturated carbocycles. The highest BCUT2D eigenvalue weighted by atomic mass is 16.4. The van der Waals surface area contributed by atoms with Crippen LogP contribution >= 0.6 is 0 Å². The Balaban J connectivity index is 2.23. The molecule has 12 heteroatoms. The normalized spacial score (nSPS) is 14.5. The van der Waals surface area contributed by atoms with Crippen LogP contribution in [-0.4, -0.2) is 76.2 Å². The Labute approximate surface area is 202 Å². The third-order valence-corrected chi connectivity index (χ3v) is 5.55. The molecule has 2 aromatic rings. The summed E-state index contributed by atoms with van der Waals surface area (Å²) in [6.07, 6.45) is 2.04. The van der Waals surface area contributed by atoms with Gasteiger partial charge in [0.25, 0.3) is 0 Å². The first-order valence-corrected chi connectivity index (χ1v) is 11.4. The van der Waals surface area contributed by atoms with E-state index < -0.39 is 54.5 Å². The zero-order valence-electron chi connectivity index (χ0n) is 19.6. The minimum absolute atomic E-state index is 0.0812. The number of nitrogens with two attached hydrogens (primary N) is 2. The molecule has 0 radical (unpaired) electrons. The van der Waals surface area contributed by atoms with E-state index in [-0.39, 0.29) is 12.8 Å². The van der Waals surface area contributed by atoms with Crippen LogP contribution in [0.15, 0.2) is 30.5 Å². The molecule has 1 heterocycles. The molecule has 10 N–H and O–H groups in total. The molecular formula is C23H34N6O6. The van der Waals surface area contributed by atoms with E-state index in [2.05, 4.69) is 20.9 Å². The van der Waals surface area contributed by atoms with Gasteiger partial charge < -0.3 is 42.6 Å². The number of nitrogens with one attached hydrogen (secondary N) is 4. The molecule has 2 rings (SSSR count). The monoisotopic (exact) mass is 490 g/mol. The van der Waals surface area contributed by atoms with E-state index in [0.29, 0.717) is 19.4 Å². The lowest BCUT2D eigenvalue weighted by molar-refractivity contribution is -0.138. The lowest BCUT2D eigenvalue weighted by Gasteiger charge is -2.24. The van der Waals surface area contributed by atoms with Gasteiger partial charge in [0.05, 0.1) is 6.10 Å². The quantitative estimate of drug-likeness (QED) is 0.149. The van der Waals surface area contributed by atoms with Crippen molar-refractivity contribution in [2.45, 2.75) is 56.8 Å². The number of hydrogen-bond donors (Lipinski definition) is 8. The van der Waals surface area contributed by atoms with Gasteiger partial charge in [0.2, 0.25) is 17.7 Å². The van der Waals surface area contributed by atoms with Crippen LogP contribution in [0.25, 0.3) is 10.9 Å². The number of carboxylic acid groups (broad SMARTS) is 1. The molecule has 4 atom stereocenters. The number of carbonyl (C=O) groups excluding carboxylic acids is 3. The van der Waals surface area contributed by atoms with Gasteiger partial charge in [-0.1, -0.05) is 18.2 Å². The van der Waals surface area contributed by atoms with E-state index in [0.717, 1.165) is 16.5 Å².